The van der Waals surface area contributed by atoms with Crippen molar-refractivity contribution in [2.24, 2.45) is 0 Å². The van der Waals surface area contributed by atoms with Crippen LogP contribution in [-0.4, -0.2) is 41.4 Å². The summed E-state index contributed by atoms with van der Waals surface area (Å²) in [6.07, 6.45) is 1.13. The maximum Gasteiger partial charge on any atom is 0.459 e. The van der Waals surface area contributed by atoms with Crippen molar-refractivity contribution in [3.05, 3.63) is 105 Å². The van der Waals surface area contributed by atoms with Gasteiger partial charge in [-0.25, -0.2) is 9.36 Å². The number of nitrogens with one attached hydrogen (secondary N) is 2. The lowest BCUT2D eigenvalue weighted by atomic mass is 10.1. The van der Waals surface area contributed by atoms with Crippen molar-refractivity contribution < 1.29 is 32.6 Å². The molecule has 1 aliphatic heterocycles. The highest BCUT2D eigenvalue weighted by molar-refractivity contribution is 7.52. The highest BCUT2D eigenvalue weighted by atomic mass is 31.2. The number of ether oxygens (including phenoxy) is 3. The van der Waals surface area contributed by atoms with E-state index in [0.29, 0.717) is 24.0 Å². The highest BCUT2D eigenvalue weighted by Crippen LogP contribution is 2.48. The molecule has 0 spiro atoms. The summed E-state index contributed by atoms with van der Waals surface area (Å²) in [7, 11) is -2.67. The van der Waals surface area contributed by atoms with Crippen LogP contribution in [0.4, 0.5) is 0 Å². The predicted octanol–water partition coefficient (Wildman–Crippen LogP) is 4.30. The summed E-state index contributed by atoms with van der Waals surface area (Å²) in [4.78, 5) is 38.7. The first-order valence-corrected chi connectivity index (χ1v) is 15.2. The number of H-pyrrole nitrogens is 1. The van der Waals surface area contributed by atoms with Gasteiger partial charge in [-0.1, -0.05) is 54.6 Å². The molecule has 2 heterocycles. The third-order valence-corrected chi connectivity index (χ3v) is 8.52. The number of carbonyl (C=O) groups excluding carboxylic acids is 1. The first-order chi connectivity index (χ1) is 20.7. The number of aromatic amines is 1. The van der Waals surface area contributed by atoms with Crippen molar-refractivity contribution in [3.8, 4) is 11.5 Å². The number of carbonyl (C=O) groups is 1. The molecule has 0 aliphatic carbocycles. The smallest absolute Gasteiger partial charge is 0.459 e. The fourth-order valence-electron chi connectivity index (χ4n) is 4.71. The summed E-state index contributed by atoms with van der Waals surface area (Å²) in [5.74, 6) is 0.208. The van der Waals surface area contributed by atoms with E-state index in [1.807, 2.05) is 48.5 Å². The summed E-state index contributed by atoms with van der Waals surface area (Å²) in [6, 6.07) is 19.9. The average molecular weight is 610 g/mol. The largest absolute Gasteiger partial charge is 0.496 e. The van der Waals surface area contributed by atoms with Gasteiger partial charge < -0.3 is 18.7 Å². The van der Waals surface area contributed by atoms with Crippen LogP contribution < -0.4 is 25.6 Å². The quantitative estimate of drug-likeness (QED) is 0.176. The number of esters is 1. The maximum atomic E-state index is 14.2. The van der Waals surface area contributed by atoms with Gasteiger partial charge in [0.05, 0.1) is 19.8 Å². The van der Waals surface area contributed by atoms with Gasteiger partial charge in [-0.05, 0) is 37.5 Å². The average Bonchev–Trinajstić information content (AvgIpc) is 3.48. The standard InChI is InChI=1S/C30H32N3O9P/c1-20(29(35)39-18-21-8-4-3-5-9-21)32-43(37,42-26-14-13-25(38-2)23-10-6-7-11-24(23)26)40-19-22-12-15-28(41-22)33-17-16-27(34)31-30(33)36/h3-11,13-14,16-17,20,22,28H,12,15,18-19H2,1-2H3,(H,32,37)(H,31,34,36)/t20-,22-,28?,43?/m0/s1. The number of hydrogen-bond donors (Lipinski definition) is 2. The molecule has 4 aromatic rings. The summed E-state index contributed by atoms with van der Waals surface area (Å²) < 4.78 is 44.2. The Kier molecular flexibility index (Phi) is 9.42. The van der Waals surface area contributed by atoms with Gasteiger partial charge in [-0.3, -0.25) is 23.7 Å². The number of hydrogen-bond acceptors (Lipinski definition) is 9. The predicted molar refractivity (Wildman–Crippen MR) is 158 cm³/mol. The number of fused-ring (bicyclic) bond motifs is 1. The molecule has 1 aromatic heterocycles. The number of aromatic nitrogens is 2. The summed E-state index contributed by atoms with van der Waals surface area (Å²) >= 11 is 0. The monoisotopic (exact) mass is 609 g/mol. The van der Waals surface area contributed by atoms with Crippen LogP contribution in [0, 0.1) is 0 Å². The Balaban J connectivity index is 1.33. The molecule has 0 saturated carbocycles. The molecule has 4 atom stereocenters. The van der Waals surface area contributed by atoms with Gasteiger partial charge in [-0.2, -0.15) is 5.09 Å². The van der Waals surface area contributed by atoms with E-state index in [1.165, 1.54) is 23.8 Å². The lowest BCUT2D eigenvalue weighted by molar-refractivity contribution is -0.146. The molecule has 5 rings (SSSR count). The van der Waals surface area contributed by atoms with E-state index in [0.717, 1.165) is 10.9 Å². The van der Waals surface area contributed by atoms with Gasteiger partial charge in [0.25, 0.3) is 5.56 Å². The molecule has 1 fully saturated rings. The van der Waals surface area contributed by atoms with Gasteiger partial charge >= 0.3 is 19.4 Å². The molecule has 2 N–H and O–H groups in total. The van der Waals surface area contributed by atoms with Crippen LogP contribution in [0.3, 0.4) is 0 Å². The normalized spacial score (nSPS) is 18.6. The molecular formula is C30H32N3O9P. The van der Waals surface area contributed by atoms with Gasteiger partial charge in [0.1, 0.15) is 30.4 Å². The molecule has 12 nitrogen and oxygen atoms in total. The van der Waals surface area contributed by atoms with Crippen LogP contribution in [0.5, 0.6) is 11.5 Å². The van der Waals surface area contributed by atoms with Crippen molar-refractivity contribution in [1.29, 1.82) is 0 Å². The number of benzene rings is 3. The topological polar surface area (TPSA) is 147 Å². The minimum atomic E-state index is -4.22. The van der Waals surface area contributed by atoms with Crippen LogP contribution in [-0.2, 0) is 30.0 Å². The van der Waals surface area contributed by atoms with E-state index in [2.05, 4.69) is 10.1 Å². The number of rotatable bonds is 12. The van der Waals surface area contributed by atoms with Gasteiger partial charge in [0.2, 0.25) is 0 Å². The van der Waals surface area contributed by atoms with Crippen LogP contribution in [0.1, 0.15) is 31.6 Å². The molecule has 13 heteroatoms. The Morgan fingerprint density at radius 1 is 1.02 bits per heavy atom. The minimum Gasteiger partial charge on any atom is -0.496 e. The second-order valence-electron chi connectivity index (χ2n) is 9.95. The lowest BCUT2D eigenvalue weighted by Crippen LogP contribution is -2.35. The van der Waals surface area contributed by atoms with E-state index in [1.54, 1.807) is 25.3 Å². The zero-order valence-electron chi connectivity index (χ0n) is 23.6. The van der Waals surface area contributed by atoms with E-state index in [-0.39, 0.29) is 19.0 Å². The Morgan fingerprint density at radius 3 is 2.44 bits per heavy atom. The van der Waals surface area contributed by atoms with E-state index in [4.69, 9.17) is 23.3 Å². The second kappa shape index (κ2) is 13.4. The van der Waals surface area contributed by atoms with Crippen molar-refractivity contribution in [2.75, 3.05) is 13.7 Å². The summed E-state index contributed by atoms with van der Waals surface area (Å²) in [5, 5.41) is 4.07. The highest BCUT2D eigenvalue weighted by Gasteiger charge is 2.36. The lowest BCUT2D eigenvalue weighted by Gasteiger charge is -2.25. The van der Waals surface area contributed by atoms with Gasteiger partial charge in [0, 0.05) is 23.0 Å². The van der Waals surface area contributed by atoms with E-state index >= 15 is 0 Å². The molecule has 1 saturated heterocycles. The Labute approximate surface area is 247 Å². The zero-order valence-corrected chi connectivity index (χ0v) is 24.5. The Morgan fingerprint density at radius 2 is 1.72 bits per heavy atom. The number of methoxy groups -OCH3 is 1. The van der Waals surface area contributed by atoms with Crippen molar-refractivity contribution >= 4 is 24.5 Å². The minimum absolute atomic E-state index is 0.0439. The molecular weight excluding hydrogens is 577 g/mol. The SMILES string of the molecule is COc1ccc(OP(=O)(N[C@@H](C)C(=O)OCc2ccccc2)OC[C@@H]2CCC(n3ccc(=O)[nH]c3=O)O2)c2ccccc12. The molecule has 1 aliphatic rings. The first kappa shape index (κ1) is 30.2. The van der Waals surface area contributed by atoms with Crippen LogP contribution in [0.15, 0.2) is 88.6 Å². The van der Waals surface area contributed by atoms with Crippen molar-refractivity contribution in [1.82, 2.24) is 14.6 Å². The van der Waals surface area contributed by atoms with Crippen LogP contribution in [0.2, 0.25) is 0 Å². The second-order valence-corrected chi connectivity index (χ2v) is 11.6. The van der Waals surface area contributed by atoms with Gasteiger partial charge in [0.15, 0.2) is 0 Å². The third kappa shape index (κ3) is 7.41. The number of nitrogens with zero attached hydrogens (tertiary/aromatic N) is 1. The zero-order chi connectivity index (χ0) is 30.4. The summed E-state index contributed by atoms with van der Waals surface area (Å²) in [6.45, 7) is 1.38. The molecule has 3 aromatic carbocycles. The fraction of sp³-hybridized carbons (Fsp3) is 0.300. The third-order valence-electron chi connectivity index (χ3n) is 6.89. The molecule has 0 amide bonds. The Hall–Kier alpha value is -4.22. The molecule has 2 unspecified atom stereocenters. The molecule has 0 radical (unpaired) electrons. The molecule has 0 bridgehead atoms. The fourth-order valence-corrected chi connectivity index (χ4v) is 6.25. The summed E-state index contributed by atoms with van der Waals surface area (Å²) in [5.41, 5.74) is -0.298. The van der Waals surface area contributed by atoms with E-state index < -0.39 is 43.3 Å². The first-order valence-electron chi connectivity index (χ1n) is 13.7. The van der Waals surface area contributed by atoms with Crippen LogP contribution in [0.25, 0.3) is 10.8 Å². The molecule has 43 heavy (non-hydrogen) atoms. The Bertz CT molecular complexity index is 1740. The van der Waals surface area contributed by atoms with Crippen molar-refractivity contribution in [2.45, 2.75) is 44.7 Å². The van der Waals surface area contributed by atoms with Crippen molar-refractivity contribution in [3.63, 3.8) is 0 Å². The molecule has 226 valence electrons. The van der Waals surface area contributed by atoms with Crippen LogP contribution >= 0.6 is 7.75 Å². The maximum absolute atomic E-state index is 14.2. The van der Waals surface area contributed by atoms with E-state index in [9.17, 15) is 18.9 Å². The van der Waals surface area contributed by atoms with Gasteiger partial charge in [-0.15, -0.1) is 0 Å².